The van der Waals surface area contributed by atoms with E-state index in [1.165, 1.54) is 0 Å². The number of sulfonamides is 1. The standard InChI is InChI=1S/C11H16N2O2S/c1-4-12-10(3)13-16(14,15)11-7-5-9(2)6-8-11/h5-8H,4H2,1-3H3,(H,12,13). The third-order valence-electron chi connectivity index (χ3n) is 2.01. The largest absolute Gasteiger partial charge is 0.272 e. The first-order valence-electron chi connectivity index (χ1n) is 5.06. The van der Waals surface area contributed by atoms with Crippen LogP contribution in [0.25, 0.3) is 0 Å². The first-order valence-corrected chi connectivity index (χ1v) is 6.54. The van der Waals surface area contributed by atoms with Gasteiger partial charge in [-0.15, -0.1) is 0 Å². The molecule has 0 spiro atoms. The Morgan fingerprint density at radius 2 is 1.88 bits per heavy atom. The minimum Gasteiger partial charge on any atom is -0.272 e. The van der Waals surface area contributed by atoms with E-state index in [0.29, 0.717) is 12.4 Å². The van der Waals surface area contributed by atoms with Crippen LogP contribution in [0.1, 0.15) is 19.4 Å². The number of rotatable bonds is 3. The molecule has 4 nitrogen and oxygen atoms in total. The van der Waals surface area contributed by atoms with Crippen LogP contribution < -0.4 is 4.72 Å². The Labute approximate surface area is 96.5 Å². The molecular weight excluding hydrogens is 224 g/mol. The predicted molar refractivity (Wildman–Crippen MR) is 65.2 cm³/mol. The molecule has 0 unspecified atom stereocenters. The molecule has 1 rings (SSSR count). The minimum atomic E-state index is -3.48. The van der Waals surface area contributed by atoms with Gasteiger partial charge >= 0.3 is 0 Å². The maximum atomic E-state index is 11.8. The monoisotopic (exact) mass is 240 g/mol. The van der Waals surface area contributed by atoms with Gasteiger partial charge in [-0.3, -0.25) is 9.71 Å². The van der Waals surface area contributed by atoms with Gasteiger partial charge in [0, 0.05) is 6.54 Å². The zero-order chi connectivity index (χ0) is 12.2. The number of hydrogen-bond donors (Lipinski definition) is 1. The van der Waals surface area contributed by atoms with E-state index in [4.69, 9.17) is 0 Å². The van der Waals surface area contributed by atoms with Gasteiger partial charge in [-0.05, 0) is 32.9 Å². The van der Waals surface area contributed by atoms with Crippen molar-refractivity contribution in [2.45, 2.75) is 25.7 Å². The van der Waals surface area contributed by atoms with Gasteiger partial charge in [0.15, 0.2) is 0 Å². The molecule has 0 aliphatic rings. The van der Waals surface area contributed by atoms with E-state index in [-0.39, 0.29) is 4.90 Å². The van der Waals surface area contributed by atoms with E-state index in [2.05, 4.69) is 9.71 Å². The maximum Gasteiger partial charge on any atom is 0.262 e. The lowest BCUT2D eigenvalue weighted by molar-refractivity contribution is 0.592. The van der Waals surface area contributed by atoms with Crippen LogP contribution >= 0.6 is 0 Å². The highest BCUT2D eigenvalue weighted by Crippen LogP contribution is 2.09. The number of nitrogens with zero attached hydrogens (tertiary/aromatic N) is 1. The molecule has 0 heterocycles. The summed E-state index contributed by atoms with van der Waals surface area (Å²) in [4.78, 5) is 4.23. The third-order valence-corrected chi connectivity index (χ3v) is 3.47. The summed E-state index contributed by atoms with van der Waals surface area (Å²) in [7, 11) is -3.48. The van der Waals surface area contributed by atoms with Crippen molar-refractivity contribution >= 4 is 15.9 Å². The summed E-state index contributed by atoms with van der Waals surface area (Å²) in [6, 6.07) is 6.69. The molecule has 0 fully saturated rings. The van der Waals surface area contributed by atoms with Crippen molar-refractivity contribution in [2.75, 3.05) is 6.54 Å². The molecule has 88 valence electrons. The lowest BCUT2D eigenvalue weighted by Crippen LogP contribution is -2.28. The molecule has 0 aromatic heterocycles. The molecule has 0 atom stereocenters. The number of aliphatic imine (C=N–C) groups is 1. The van der Waals surface area contributed by atoms with Gasteiger partial charge < -0.3 is 0 Å². The van der Waals surface area contributed by atoms with E-state index in [9.17, 15) is 8.42 Å². The highest BCUT2D eigenvalue weighted by Gasteiger charge is 2.13. The first kappa shape index (κ1) is 12.7. The van der Waals surface area contributed by atoms with Crippen LogP contribution in [0.2, 0.25) is 0 Å². The summed E-state index contributed by atoms with van der Waals surface area (Å²) >= 11 is 0. The smallest absolute Gasteiger partial charge is 0.262 e. The van der Waals surface area contributed by atoms with Crippen molar-refractivity contribution in [2.24, 2.45) is 4.99 Å². The zero-order valence-electron chi connectivity index (χ0n) is 9.69. The fraction of sp³-hybridized carbons (Fsp3) is 0.364. The van der Waals surface area contributed by atoms with Crippen LogP contribution in [0.4, 0.5) is 0 Å². The maximum absolute atomic E-state index is 11.8. The molecule has 0 saturated heterocycles. The molecular formula is C11H16N2O2S. The molecule has 0 radical (unpaired) electrons. The Balaban J connectivity index is 2.95. The SMILES string of the molecule is CCN=C(C)NS(=O)(=O)c1ccc(C)cc1. The molecule has 1 aromatic carbocycles. The quantitative estimate of drug-likeness (QED) is 0.646. The highest BCUT2D eigenvalue weighted by atomic mass is 32.2. The summed E-state index contributed by atoms with van der Waals surface area (Å²) < 4.78 is 26.1. The molecule has 0 bridgehead atoms. The van der Waals surface area contributed by atoms with Crippen LogP contribution in [0.5, 0.6) is 0 Å². The van der Waals surface area contributed by atoms with E-state index in [0.717, 1.165) is 5.56 Å². The van der Waals surface area contributed by atoms with Gasteiger partial charge in [0.25, 0.3) is 10.0 Å². The van der Waals surface area contributed by atoms with Crippen molar-refractivity contribution in [1.29, 1.82) is 0 Å². The fourth-order valence-electron chi connectivity index (χ4n) is 1.24. The van der Waals surface area contributed by atoms with Gasteiger partial charge in [0.1, 0.15) is 5.84 Å². The number of aryl methyl sites for hydroxylation is 1. The number of hydrogen-bond acceptors (Lipinski definition) is 3. The van der Waals surface area contributed by atoms with Crippen LogP contribution in [-0.2, 0) is 10.0 Å². The Kier molecular flexibility index (Phi) is 4.06. The average Bonchev–Trinajstić information content (AvgIpc) is 2.17. The second kappa shape index (κ2) is 5.12. The predicted octanol–water partition coefficient (Wildman–Crippen LogP) is 1.71. The molecule has 0 aliphatic heterocycles. The van der Waals surface area contributed by atoms with Crippen LogP contribution in [0, 0.1) is 6.92 Å². The average molecular weight is 240 g/mol. The van der Waals surface area contributed by atoms with Crippen LogP contribution in [0.15, 0.2) is 34.2 Å². The summed E-state index contributed by atoms with van der Waals surface area (Å²) in [6.07, 6.45) is 0. The van der Waals surface area contributed by atoms with E-state index in [1.54, 1.807) is 31.2 Å². The molecule has 0 aliphatic carbocycles. The lowest BCUT2D eigenvalue weighted by Gasteiger charge is -2.07. The minimum absolute atomic E-state index is 0.253. The van der Waals surface area contributed by atoms with Gasteiger partial charge in [-0.1, -0.05) is 17.7 Å². The van der Waals surface area contributed by atoms with Crippen LogP contribution in [0.3, 0.4) is 0 Å². The van der Waals surface area contributed by atoms with Gasteiger partial charge in [0.05, 0.1) is 4.90 Å². The number of benzene rings is 1. The second-order valence-corrected chi connectivity index (χ2v) is 5.16. The highest BCUT2D eigenvalue weighted by molar-refractivity contribution is 7.90. The first-order chi connectivity index (χ1) is 7.45. The summed E-state index contributed by atoms with van der Waals surface area (Å²) in [6.45, 7) is 5.95. The molecule has 1 aromatic rings. The Morgan fingerprint density at radius 1 is 1.31 bits per heavy atom. The molecule has 16 heavy (non-hydrogen) atoms. The van der Waals surface area contributed by atoms with Crippen molar-refractivity contribution in [3.8, 4) is 0 Å². The van der Waals surface area contributed by atoms with Gasteiger partial charge in [-0.25, -0.2) is 8.42 Å². The molecule has 1 N–H and O–H groups in total. The van der Waals surface area contributed by atoms with Gasteiger partial charge in [0.2, 0.25) is 0 Å². The summed E-state index contributed by atoms with van der Waals surface area (Å²) in [5, 5.41) is 0. The summed E-state index contributed by atoms with van der Waals surface area (Å²) in [5.41, 5.74) is 1.03. The normalized spacial score (nSPS) is 12.6. The van der Waals surface area contributed by atoms with Gasteiger partial charge in [-0.2, -0.15) is 0 Å². The Hall–Kier alpha value is -1.36. The topological polar surface area (TPSA) is 58.5 Å². The molecule has 5 heteroatoms. The van der Waals surface area contributed by atoms with Crippen molar-refractivity contribution in [1.82, 2.24) is 4.72 Å². The Bertz CT molecular complexity index is 475. The van der Waals surface area contributed by atoms with E-state index < -0.39 is 10.0 Å². The third kappa shape index (κ3) is 3.34. The summed E-state index contributed by atoms with van der Waals surface area (Å²) in [5.74, 6) is 0.406. The van der Waals surface area contributed by atoms with Crippen molar-refractivity contribution in [3.05, 3.63) is 29.8 Å². The lowest BCUT2D eigenvalue weighted by atomic mass is 10.2. The Morgan fingerprint density at radius 3 is 2.38 bits per heavy atom. The van der Waals surface area contributed by atoms with E-state index >= 15 is 0 Å². The zero-order valence-corrected chi connectivity index (χ0v) is 10.5. The second-order valence-electron chi connectivity index (χ2n) is 3.48. The van der Waals surface area contributed by atoms with E-state index in [1.807, 2.05) is 13.8 Å². The van der Waals surface area contributed by atoms with Crippen molar-refractivity contribution in [3.63, 3.8) is 0 Å². The molecule has 0 amide bonds. The van der Waals surface area contributed by atoms with Crippen molar-refractivity contribution < 1.29 is 8.42 Å². The van der Waals surface area contributed by atoms with Crippen LogP contribution in [-0.4, -0.2) is 20.8 Å². The number of amidine groups is 1. The number of nitrogens with one attached hydrogen (secondary N) is 1. The molecule has 0 saturated carbocycles. The fourth-order valence-corrected chi connectivity index (χ4v) is 2.31.